The van der Waals surface area contributed by atoms with Gasteiger partial charge >= 0.3 is 17.7 Å². The van der Waals surface area contributed by atoms with E-state index in [1.807, 2.05) is 6.92 Å². The van der Waals surface area contributed by atoms with Gasteiger partial charge in [0.25, 0.3) is 0 Å². The van der Waals surface area contributed by atoms with Crippen molar-refractivity contribution in [3.8, 4) is 11.5 Å². The molecule has 1 atom stereocenters. The number of nitrogens with zero attached hydrogens (tertiary/aromatic N) is 1. The minimum atomic E-state index is -1.03. The zero-order valence-corrected chi connectivity index (χ0v) is 19.3. The fourth-order valence-corrected chi connectivity index (χ4v) is 3.60. The second-order valence-corrected chi connectivity index (χ2v) is 7.31. The Kier molecular flexibility index (Phi) is 8.07. The fourth-order valence-electron chi connectivity index (χ4n) is 3.60. The van der Waals surface area contributed by atoms with E-state index in [1.54, 1.807) is 50.2 Å². The van der Waals surface area contributed by atoms with Gasteiger partial charge in [-0.15, -0.1) is 0 Å². The highest BCUT2D eigenvalue weighted by Gasteiger charge is 2.36. The van der Waals surface area contributed by atoms with Gasteiger partial charge in [-0.05, 0) is 37.5 Å². The molecular formula is C24H27N3O7. The first-order valence-corrected chi connectivity index (χ1v) is 11.0. The Labute approximate surface area is 197 Å². The van der Waals surface area contributed by atoms with Gasteiger partial charge < -0.3 is 24.8 Å². The van der Waals surface area contributed by atoms with Gasteiger partial charge in [-0.3, -0.25) is 10.1 Å². The largest absolute Gasteiger partial charge is 0.490 e. The fraction of sp³-hybridized carbons (Fsp3) is 0.333. The lowest BCUT2D eigenvalue weighted by molar-refractivity contribution is -0.386. The lowest BCUT2D eigenvalue weighted by atomic mass is 9.92. The van der Waals surface area contributed by atoms with Crippen LogP contribution in [0.1, 0.15) is 44.4 Å². The van der Waals surface area contributed by atoms with Crippen molar-refractivity contribution in [3.63, 3.8) is 0 Å². The summed E-state index contributed by atoms with van der Waals surface area (Å²) in [4.78, 5) is 37.0. The molecule has 2 amide bonds. The number of hydrogen-bond donors (Lipinski definition) is 2. The van der Waals surface area contributed by atoms with Crippen LogP contribution < -0.4 is 20.1 Å². The van der Waals surface area contributed by atoms with Crippen LogP contribution in [0.4, 0.5) is 10.5 Å². The summed E-state index contributed by atoms with van der Waals surface area (Å²) in [6.45, 7) is 5.90. The predicted molar refractivity (Wildman–Crippen MR) is 124 cm³/mol. The molecule has 10 heteroatoms. The van der Waals surface area contributed by atoms with Crippen LogP contribution in [-0.2, 0) is 9.53 Å². The van der Waals surface area contributed by atoms with E-state index in [9.17, 15) is 19.7 Å². The van der Waals surface area contributed by atoms with E-state index in [-0.39, 0.29) is 53.8 Å². The summed E-state index contributed by atoms with van der Waals surface area (Å²) in [5, 5.41) is 17.3. The Hall–Kier alpha value is -4.08. The number of hydrogen-bond acceptors (Lipinski definition) is 7. The Morgan fingerprint density at radius 3 is 2.44 bits per heavy atom. The molecular weight excluding hydrogens is 442 g/mol. The van der Waals surface area contributed by atoms with Crippen LogP contribution >= 0.6 is 0 Å². The number of urea groups is 1. The molecule has 34 heavy (non-hydrogen) atoms. The molecule has 1 aliphatic rings. The zero-order valence-electron chi connectivity index (χ0n) is 19.3. The second kappa shape index (κ2) is 11.2. The topological polar surface area (TPSA) is 129 Å². The molecule has 1 heterocycles. The highest BCUT2D eigenvalue weighted by atomic mass is 16.6. The van der Waals surface area contributed by atoms with Crippen LogP contribution in [0.3, 0.4) is 0 Å². The van der Waals surface area contributed by atoms with Gasteiger partial charge in [0, 0.05) is 6.07 Å². The van der Waals surface area contributed by atoms with Crippen molar-refractivity contribution in [1.82, 2.24) is 10.6 Å². The van der Waals surface area contributed by atoms with Crippen molar-refractivity contribution in [2.45, 2.75) is 33.2 Å². The Balaban J connectivity index is 2.25. The Bertz CT molecular complexity index is 1100. The molecule has 1 unspecified atom stereocenters. The minimum Gasteiger partial charge on any atom is -0.490 e. The minimum absolute atomic E-state index is 0.00246. The average molecular weight is 469 g/mol. The molecule has 180 valence electrons. The standard InChI is InChI=1S/C24H27N3O7/c1-4-12-34-22-17(27(30)31)13-16(14-18(22)32-5-2)21-19(23(28)33-6-3)20(25-24(29)26-21)15-10-8-7-9-11-15/h7-11,13-14,21H,4-6,12H2,1-3H3,(H2,25,26,29). The van der Waals surface area contributed by atoms with Gasteiger partial charge in [0.1, 0.15) is 0 Å². The van der Waals surface area contributed by atoms with Crippen LogP contribution in [0.2, 0.25) is 0 Å². The first-order chi connectivity index (χ1) is 16.4. The number of benzene rings is 2. The van der Waals surface area contributed by atoms with Gasteiger partial charge in [0.2, 0.25) is 5.75 Å². The summed E-state index contributed by atoms with van der Waals surface area (Å²) in [5.41, 5.74) is 0.927. The molecule has 2 aromatic carbocycles. The maximum Gasteiger partial charge on any atom is 0.338 e. The highest BCUT2D eigenvalue weighted by Crippen LogP contribution is 2.42. The van der Waals surface area contributed by atoms with Gasteiger partial charge in [0.05, 0.1) is 42.1 Å². The molecule has 0 saturated carbocycles. The quantitative estimate of drug-likeness (QED) is 0.304. The highest BCUT2D eigenvalue weighted by molar-refractivity contribution is 6.04. The first-order valence-electron chi connectivity index (χ1n) is 11.0. The number of amides is 2. The van der Waals surface area contributed by atoms with Crippen molar-refractivity contribution < 1.29 is 28.7 Å². The van der Waals surface area contributed by atoms with Gasteiger partial charge in [-0.2, -0.15) is 0 Å². The van der Waals surface area contributed by atoms with Crippen molar-refractivity contribution in [3.05, 3.63) is 69.3 Å². The van der Waals surface area contributed by atoms with Crippen molar-refractivity contribution in [1.29, 1.82) is 0 Å². The van der Waals surface area contributed by atoms with E-state index in [1.165, 1.54) is 6.07 Å². The maximum absolute atomic E-state index is 13.0. The lowest BCUT2D eigenvalue weighted by Gasteiger charge is -2.30. The van der Waals surface area contributed by atoms with E-state index >= 15 is 0 Å². The summed E-state index contributed by atoms with van der Waals surface area (Å²) in [6.07, 6.45) is 0.644. The van der Waals surface area contributed by atoms with Gasteiger partial charge in [-0.25, -0.2) is 9.59 Å². The van der Waals surface area contributed by atoms with E-state index in [0.29, 0.717) is 12.0 Å². The SMILES string of the molecule is CCCOc1c(OCC)cc(C2NC(=O)NC(c3ccccc3)=C2C(=O)OCC)cc1[N+](=O)[O-]. The second-order valence-electron chi connectivity index (χ2n) is 7.31. The monoisotopic (exact) mass is 469 g/mol. The number of esters is 1. The molecule has 0 aromatic heterocycles. The third-order valence-electron chi connectivity index (χ3n) is 4.97. The Morgan fingerprint density at radius 2 is 1.82 bits per heavy atom. The number of carbonyl (C=O) groups is 2. The number of ether oxygens (including phenoxy) is 3. The third-order valence-corrected chi connectivity index (χ3v) is 4.97. The molecule has 0 saturated heterocycles. The van der Waals surface area contributed by atoms with E-state index in [0.717, 1.165) is 0 Å². The van der Waals surface area contributed by atoms with Crippen LogP contribution in [-0.4, -0.2) is 36.7 Å². The average Bonchev–Trinajstić information content (AvgIpc) is 2.83. The lowest BCUT2D eigenvalue weighted by Crippen LogP contribution is -2.45. The van der Waals surface area contributed by atoms with E-state index in [4.69, 9.17) is 14.2 Å². The summed E-state index contributed by atoms with van der Waals surface area (Å²) >= 11 is 0. The molecule has 10 nitrogen and oxygen atoms in total. The molecule has 1 aliphatic heterocycles. The number of nitro benzene ring substituents is 1. The van der Waals surface area contributed by atoms with Crippen LogP contribution in [0.25, 0.3) is 5.70 Å². The molecule has 0 aliphatic carbocycles. The summed E-state index contributed by atoms with van der Waals surface area (Å²) in [5.74, 6) is -0.508. The molecule has 3 rings (SSSR count). The Morgan fingerprint density at radius 1 is 1.09 bits per heavy atom. The van der Waals surface area contributed by atoms with Crippen LogP contribution in [0, 0.1) is 10.1 Å². The number of rotatable bonds is 10. The number of nitro groups is 1. The molecule has 0 radical (unpaired) electrons. The van der Waals surface area contributed by atoms with Gasteiger partial charge in [0.15, 0.2) is 5.75 Å². The normalized spacial score (nSPS) is 15.3. The van der Waals surface area contributed by atoms with Gasteiger partial charge in [-0.1, -0.05) is 37.3 Å². The number of carbonyl (C=O) groups excluding carboxylic acids is 2. The molecule has 2 N–H and O–H groups in total. The number of nitrogens with one attached hydrogen (secondary N) is 2. The molecule has 0 bridgehead atoms. The first kappa shape index (κ1) is 24.6. The van der Waals surface area contributed by atoms with Crippen molar-refractivity contribution in [2.24, 2.45) is 0 Å². The maximum atomic E-state index is 13.0. The molecule has 0 fully saturated rings. The van der Waals surface area contributed by atoms with E-state index < -0.39 is 23.0 Å². The molecule has 2 aromatic rings. The van der Waals surface area contributed by atoms with Crippen LogP contribution in [0.15, 0.2) is 48.0 Å². The summed E-state index contributed by atoms with van der Waals surface area (Å²) in [6, 6.07) is 10.1. The van der Waals surface area contributed by atoms with Crippen molar-refractivity contribution in [2.75, 3.05) is 19.8 Å². The summed E-state index contributed by atoms with van der Waals surface area (Å²) < 4.78 is 16.6. The van der Waals surface area contributed by atoms with Crippen molar-refractivity contribution >= 4 is 23.4 Å². The predicted octanol–water partition coefficient (Wildman–Crippen LogP) is 4.11. The summed E-state index contributed by atoms with van der Waals surface area (Å²) in [7, 11) is 0. The van der Waals surface area contributed by atoms with Crippen LogP contribution in [0.5, 0.6) is 11.5 Å². The zero-order chi connectivity index (χ0) is 24.7. The molecule has 0 spiro atoms. The smallest absolute Gasteiger partial charge is 0.338 e. The van der Waals surface area contributed by atoms with E-state index in [2.05, 4.69) is 10.6 Å². The third kappa shape index (κ3) is 5.28.